The number of halogens is 2. The zero-order valence-corrected chi connectivity index (χ0v) is 8.49. The van der Waals surface area contributed by atoms with Crippen molar-refractivity contribution in [2.45, 2.75) is 19.9 Å². The van der Waals surface area contributed by atoms with Crippen molar-refractivity contribution in [1.29, 1.82) is 0 Å². The first-order chi connectivity index (χ1) is 5.52. The molecule has 0 heterocycles. The second-order valence-electron chi connectivity index (χ2n) is 3.03. The monoisotopic (exact) mass is 204 g/mol. The lowest BCUT2D eigenvalue weighted by Gasteiger charge is -2.09. The van der Waals surface area contributed by atoms with E-state index in [2.05, 4.69) is 0 Å². The van der Waals surface area contributed by atoms with E-state index in [9.17, 15) is 4.39 Å². The van der Waals surface area contributed by atoms with Crippen molar-refractivity contribution in [3.63, 3.8) is 0 Å². The Morgan fingerprint density at radius 2 is 1.92 bits per heavy atom. The number of anilines is 1. The van der Waals surface area contributed by atoms with Crippen LogP contribution in [0.25, 0.3) is 0 Å². The molecule has 13 heavy (non-hydrogen) atoms. The molecule has 1 aromatic rings. The maximum Gasteiger partial charge on any atom is 0.131 e. The number of benzene rings is 1. The van der Waals surface area contributed by atoms with Gasteiger partial charge in [0.05, 0.1) is 0 Å². The Kier molecular flexibility index (Phi) is 4.17. The van der Waals surface area contributed by atoms with E-state index in [0.29, 0.717) is 16.8 Å². The molecule has 0 spiro atoms. The van der Waals surface area contributed by atoms with Crippen molar-refractivity contribution >= 4 is 18.1 Å². The summed E-state index contributed by atoms with van der Waals surface area (Å²) in [5.41, 5.74) is 12.7. The molecule has 0 radical (unpaired) electrons. The molecule has 2 nitrogen and oxygen atoms in total. The number of nitrogens with two attached hydrogens (primary N) is 2. The number of nitrogen functional groups attached to an aromatic ring is 1. The highest BCUT2D eigenvalue weighted by Gasteiger charge is 2.09. The van der Waals surface area contributed by atoms with Gasteiger partial charge in [-0.1, -0.05) is 0 Å². The summed E-state index contributed by atoms with van der Waals surface area (Å²) in [6, 6.07) is 2.86. The Bertz CT molecular complexity index is 300. The Morgan fingerprint density at radius 3 is 2.38 bits per heavy atom. The molecule has 0 saturated carbocycles. The van der Waals surface area contributed by atoms with Crippen LogP contribution in [0.15, 0.2) is 12.1 Å². The van der Waals surface area contributed by atoms with Crippen LogP contribution < -0.4 is 11.5 Å². The molecule has 74 valence electrons. The minimum absolute atomic E-state index is 0. The van der Waals surface area contributed by atoms with Gasteiger partial charge >= 0.3 is 0 Å². The summed E-state index contributed by atoms with van der Waals surface area (Å²) < 4.78 is 13.3. The van der Waals surface area contributed by atoms with Crippen LogP contribution in [0.5, 0.6) is 0 Å². The summed E-state index contributed by atoms with van der Waals surface area (Å²) in [6.45, 7) is 3.41. The summed E-state index contributed by atoms with van der Waals surface area (Å²) in [7, 11) is 0. The van der Waals surface area contributed by atoms with E-state index in [-0.39, 0.29) is 24.3 Å². The molecular weight excluding hydrogens is 191 g/mol. The SMILES string of the molecule is Cc1cc(N)cc([C@@H](C)N)c1F.Cl. The summed E-state index contributed by atoms with van der Waals surface area (Å²) in [5, 5.41) is 0. The summed E-state index contributed by atoms with van der Waals surface area (Å²) in [5.74, 6) is -0.251. The third-order valence-corrected chi connectivity index (χ3v) is 1.80. The van der Waals surface area contributed by atoms with Crippen molar-refractivity contribution in [2.75, 3.05) is 5.73 Å². The van der Waals surface area contributed by atoms with Crippen molar-refractivity contribution in [1.82, 2.24) is 0 Å². The molecule has 0 bridgehead atoms. The molecule has 0 unspecified atom stereocenters. The van der Waals surface area contributed by atoms with Crippen molar-refractivity contribution in [3.8, 4) is 0 Å². The van der Waals surface area contributed by atoms with E-state index in [1.807, 2.05) is 0 Å². The molecule has 0 saturated heterocycles. The molecular formula is C9H14ClFN2. The molecule has 4 N–H and O–H groups in total. The highest BCUT2D eigenvalue weighted by atomic mass is 35.5. The van der Waals surface area contributed by atoms with Gasteiger partial charge in [0.25, 0.3) is 0 Å². The van der Waals surface area contributed by atoms with Crippen LogP contribution in [0.4, 0.5) is 10.1 Å². The van der Waals surface area contributed by atoms with Gasteiger partial charge in [0.15, 0.2) is 0 Å². The minimum atomic E-state index is -0.313. The average molecular weight is 205 g/mol. The van der Waals surface area contributed by atoms with Crippen LogP contribution in [0.2, 0.25) is 0 Å². The predicted molar refractivity (Wildman–Crippen MR) is 55.4 cm³/mol. The van der Waals surface area contributed by atoms with E-state index < -0.39 is 0 Å². The first-order valence-electron chi connectivity index (χ1n) is 3.83. The Morgan fingerprint density at radius 1 is 1.38 bits per heavy atom. The van der Waals surface area contributed by atoms with E-state index in [4.69, 9.17) is 11.5 Å². The van der Waals surface area contributed by atoms with Crippen LogP contribution in [-0.2, 0) is 0 Å². The van der Waals surface area contributed by atoms with Crippen LogP contribution in [-0.4, -0.2) is 0 Å². The smallest absolute Gasteiger partial charge is 0.131 e. The minimum Gasteiger partial charge on any atom is -0.399 e. The van der Waals surface area contributed by atoms with Gasteiger partial charge in [-0.15, -0.1) is 12.4 Å². The van der Waals surface area contributed by atoms with Gasteiger partial charge in [0.1, 0.15) is 5.82 Å². The van der Waals surface area contributed by atoms with Crippen molar-refractivity contribution in [2.24, 2.45) is 5.73 Å². The molecule has 0 amide bonds. The largest absolute Gasteiger partial charge is 0.399 e. The second-order valence-corrected chi connectivity index (χ2v) is 3.03. The standard InChI is InChI=1S/C9H13FN2.ClH/c1-5-3-7(12)4-8(6(2)11)9(5)10;/h3-4,6H,11-12H2,1-2H3;1H/t6-;/m1./s1. The highest BCUT2D eigenvalue weighted by molar-refractivity contribution is 5.85. The maximum atomic E-state index is 13.3. The second kappa shape index (κ2) is 4.44. The van der Waals surface area contributed by atoms with Crippen molar-refractivity contribution in [3.05, 3.63) is 29.1 Å². The summed E-state index contributed by atoms with van der Waals surface area (Å²) in [6.07, 6.45) is 0. The highest BCUT2D eigenvalue weighted by Crippen LogP contribution is 2.21. The average Bonchev–Trinajstić information content (AvgIpc) is 1.96. The molecule has 1 rings (SSSR count). The molecule has 0 aliphatic rings. The Hall–Kier alpha value is -0.800. The predicted octanol–water partition coefficient (Wildman–Crippen LogP) is 2.16. The molecule has 1 aromatic carbocycles. The van der Waals surface area contributed by atoms with Gasteiger partial charge < -0.3 is 11.5 Å². The van der Waals surface area contributed by atoms with Gasteiger partial charge in [0.2, 0.25) is 0 Å². The molecule has 4 heteroatoms. The lowest BCUT2D eigenvalue weighted by molar-refractivity contribution is 0.586. The summed E-state index contributed by atoms with van der Waals surface area (Å²) in [4.78, 5) is 0. The number of hydrogen-bond acceptors (Lipinski definition) is 2. The normalized spacial score (nSPS) is 12.0. The fourth-order valence-corrected chi connectivity index (χ4v) is 1.16. The lowest BCUT2D eigenvalue weighted by atomic mass is 10.0. The number of rotatable bonds is 1. The van der Waals surface area contributed by atoms with Crippen LogP contribution in [0.1, 0.15) is 24.1 Å². The van der Waals surface area contributed by atoms with Crippen molar-refractivity contribution < 1.29 is 4.39 Å². The van der Waals surface area contributed by atoms with Crippen LogP contribution in [0, 0.1) is 12.7 Å². The van der Waals surface area contributed by atoms with Gasteiger partial charge in [0, 0.05) is 17.3 Å². The molecule has 0 aliphatic heterocycles. The fraction of sp³-hybridized carbons (Fsp3) is 0.333. The zero-order chi connectivity index (χ0) is 9.30. The first kappa shape index (κ1) is 12.2. The summed E-state index contributed by atoms with van der Waals surface area (Å²) >= 11 is 0. The third-order valence-electron chi connectivity index (χ3n) is 1.80. The topological polar surface area (TPSA) is 52.0 Å². The van der Waals surface area contributed by atoms with Gasteiger partial charge in [-0.25, -0.2) is 4.39 Å². The lowest BCUT2D eigenvalue weighted by Crippen LogP contribution is -2.09. The molecule has 0 aliphatic carbocycles. The third kappa shape index (κ3) is 2.57. The van der Waals surface area contributed by atoms with E-state index in [1.54, 1.807) is 26.0 Å². The number of aryl methyl sites for hydroxylation is 1. The van der Waals surface area contributed by atoms with E-state index in [0.717, 1.165) is 0 Å². The fourth-order valence-electron chi connectivity index (χ4n) is 1.16. The Labute approximate surface area is 83.5 Å². The van der Waals surface area contributed by atoms with Gasteiger partial charge in [-0.3, -0.25) is 0 Å². The molecule has 0 aromatic heterocycles. The quantitative estimate of drug-likeness (QED) is 0.689. The van der Waals surface area contributed by atoms with Gasteiger partial charge in [-0.2, -0.15) is 0 Å². The van der Waals surface area contributed by atoms with E-state index >= 15 is 0 Å². The van der Waals surface area contributed by atoms with Crippen LogP contribution >= 0.6 is 12.4 Å². The Balaban J connectivity index is 0.00000144. The van der Waals surface area contributed by atoms with Crippen LogP contribution in [0.3, 0.4) is 0 Å². The number of hydrogen-bond donors (Lipinski definition) is 2. The van der Waals surface area contributed by atoms with E-state index in [1.165, 1.54) is 0 Å². The molecule has 0 fully saturated rings. The zero-order valence-electron chi connectivity index (χ0n) is 7.67. The van der Waals surface area contributed by atoms with Gasteiger partial charge in [-0.05, 0) is 31.5 Å². The maximum absolute atomic E-state index is 13.3. The first-order valence-corrected chi connectivity index (χ1v) is 3.83. The molecule has 1 atom stereocenters.